The number of fused-ring (bicyclic) bond motifs is 2. The highest BCUT2D eigenvalue weighted by Gasteiger charge is 2.37. The number of hydrogen-bond donors (Lipinski definition) is 3. The van der Waals surface area contributed by atoms with Gasteiger partial charge in [0.2, 0.25) is 0 Å². The van der Waals surface area contributed by atoms with Crippen molar-refractivity contribution >= 4 is 34.5 Å². The maximum atomic E-state index is 12.9. The summed E-state index contributed by atoms with van der Waals surface area (Å²) in [6.45, 7) is 1.93. The molecule has 3 N–H and O–H groups in total. The molecule has 6 heteroatoms. The van der Waals surface area contributed by atoms with Crippen LogP contribution in [0.5, 0.6) is 11.5 Å². The van der Waals surface area contributed by atoms with Gasteiger partial charge >= 0.3 is 0 Å². The molecule has 0 saturated heterocycles. The van der Waals surface area contributed by atoms with Gasteiger partial charge in [0.25, 0.3) is 0 Å². The van der Waals surface area contributed by atoms with Crippen molar-refractivity contribution in [2.45, 2.75) is 6.92 Å². The maximum absolute atomic E-state index is 12.9. The van der Waals surface area contributed by atoms with E-state index in [2.05, 4.69) is 5.32 Å². The van der Waals surface area contributed by atoms with Crippen molar-refractivity contribution in [1.29, 1.82) is 0 Å². The molecular formula is C21H14ClNO4. The number of carbonyl (C=O) groups is 2. The minimum absolute atomic E-state index is 0.0303. The number of ketones is 2. The van der Waals surface area contributed by atoms with Gasteiger partial charge in [-0.3, -0.25) is 9.59 Å². The Morgan fingerprint density at radius 2 is 1.33 bits per heavy atom. The summed E-state index contributed by atoms with van der Waals surface area (Å²) in [6, 6.07) is 13.5. The summed E-state index contributed by atoms with van der Waals surface area (Å²) in [4.78, 5) is 25.7. The first-order chi connectivity index (χ1) is 12.9. The fourth-order valence-electron chi connectivity index (χ4n) is 3.18. The van der Waals surface area contributed by atoms with E-state index in [-0.39, 0.29) is 33.0 Å². The molecule has 4 rings (SSSR count). The number of hydrogen-bond acceptors (Lipinski definition) is 5. The zero-order valence-electron chi connectivity index (χ0n) is 14.2. The van der Waals surface area contributed by atoms with Gasteiger partial charge in [0.15, 0.2) is 17.3 Å². The van der Waals surface area contributed by atoms with Crippen LogP contribution in [0, 0.1) is 6.92 Å². The van der Waals surface area contributed by atoms with Crippen LogP contribution in [-0.4, -0.2) is 21.8 Å². The summed E-state index contributed by atoms with van der Waals surface area (Å²) in [5, 5.41) is 24.0. The molecular weight excluding hydrogens is 366 g/mol. The van der Waals surface area contributed by atoms with Crippen molar-refractivity contribution in [3.63, 3.8) is 0 Å². The van der Waals surface area contributed by atoms with Gasteiger partial charge in [-0.05, 0) is 19.1 Å². The number of aromatic hydroxyl groups is 2. The van der Waals surface area contributed by atoms with Crippen molar-refractivity contribution in [3.8, 4) is 11.5 Å². The third kappa shape index (κ3) is 2.55. The average Bonchev–Trinajstić information content (AvgIpc) is 2.67. The Balaban J connectivity index is 1.93. The maximum Gasteiger partial charge on any atom is 0.198 e. The highest BCUT2D eigenvalue weighted by atomic mass is 35.5. The van der Waals surface area contributed by atoms with E-state index in [0.717, 1.165) is 5.56 Å². The first kappa shape index (κ1) is 17.1. The van der Waals surface area contributed by atoms with Gasteiger partial charge in [-0.25, -0.2) is 0 Å². The van der Waals surface area contributed by atoms with Crippen LogP contribution in [0.4, 0.5) is 11.4 Å². The molecule has 3 aromatic carbocycles. The van der Waals surface area contributed by atoms with E-state index in [4.69, 9.17) is 11.6 Å². The Morgan fingerprint density at radius 3 is 1.89 bits per heavy atom. The topological polar surface area (TPSA) is 86.6 Å². The SMILES string of the molecule is Cc1ccc(Nc2c(O)c3c(c(O)c2Cl)C(=O)c2ccccc2C3=O)cc1. The van der Waals surface area contributed by atoms with Crippen LogP contribution < -0.4 is 5.32 Å². The van der Waals surface area contributed by atoms with E-state index in [1.807, 2.05) is 19.1 Å². The monoisotopic (exact) mass is 379 g/mol. The molecule has 27 heavy (non-hydrogen) atoms. The van der Waals surface area contributed by atoms with E-state index in [1.165, 1.54) is 12.1 Å². The molecule has 134 valence electrons. The normalized spacial score (nSPS) is 12.5. The fourth-order valence-corrected chi connectivity index (χ4v) is 3.41. The second kappa shape index (κ2) is 6.14. The molecule has 1 aliphatic rings. The molecule has 0 saturated carbocycles. The molecule has 1 aliphatic carbocycles. The number of phenols is 2. The van der Waals surface area contributed by atoms with Gasteiger partial charge in [-0.15, -0.1) is 0 Å². The lowest BCUT2D eigenvalue weighted by Crippen LogP contribution is -2.21. The van der Waals surface area contributed by atoms with E-state index >= 15 is 0 Å². The van der Waals surface area contributed by atoms with Gasteiger partial charge in [-0.2, -0.15) is 0 Å². The highest BCUT2D eigenvalue weighted by molar-refractivity contribution is 6.39. The summed E-state index contributed by atoms with van der Waals surface area (Å²) in [6.07, 6.45) is 0. The first-order valence-corrected chi connectivity index (χ1v) is 8.57. The lowest BCUT2D eigenvalue weighted by molar-refractivity contribution is 0.0974. The Morgan fingerprint density at radius 1 is 0.815 bits per heavy atom. The Bertz CT molecular complexity index is 1120. The molecule has 3 aromatic rings. The largest absolute Gasteiger partial charge is 0.505 e. The number of benzene rings is 3. The lowest BCUT2D eigenvalue weighted by atomic mass is 9.82. The van der Waals surface area contributed by atoms with Crippen molar-refractivity contribution < 1.29 is 19.8 Å². The molecule has 0 radical (unpaired) electrons. The van der Waals surface area contributed by atoms with Gasteiger partial charge in [0.1, 0.15) is 16.5 Å². The molecule has 0 amide bonds. The number of aryl methyl sites for hydroxylation is 1. The number of anilines is 2. The molecule has 0 atom stereocenters. The lowest BCUT2D eigenvalue weighted by Gasteiger charge is -2.22. The van der Waals surface area contributed by atoms with Gasteiger partial charge < -0.3 is 15.5 Å². The molecule has 0 unspecified atom stereocenters. The zero-order valence-corrected chi connectivity index (χ0v) is 15.0. The van der Waals surface area contributed by atoms with E-state index in [0.29, 0.717) is 5.69 Å². The smallest absolute Gasteiger partial charge is 0.198 e. The predicted octanol–water partition coefficient (Wildman–Crippen LogP) is 4.58. The Labute approximate surface area is 159 Å². The van der Waals surface area contributed by atoms with Crippen molar-refractivity contribution in [1.82, 2.24) is 0 Å². The van der Waals surface area contributed by atoms with Gasteiger partial charge in [0, 0.05) is 16.8 Å². The van der Waals surface area contributed by atoms with Crippen LogP contribution >= 0.6 is 11.6 Å². The zero-order chi connectivity index (χ0) is 19.3. The second-order valence-corrected chi connectivity index (χ2v) is 6.71. The summed E-state index contributed by atoms with van der Waals surface area (Å²) in [7, 11) is 0. The second-order valence-electron chi connectivity index (χ2n) is 6.33. The molecule has 0 fully saturated rings. The summed E-state index contributed by atoms with van der Waals surface area (Å²) in [5.74, 6) is -2.11. The minimum atomic E-state index is -0.559. The van der Waals surface area contributed by atoms with Crippen molar-refractivity contribution in [2.24, 2.45) is 0 Å². The van der Waals surface area contributed by atoms with E-state index in [9.17, 15) is 19.8 Å². The third-order valence-corrected chi connectivity index (χ3v) is 4.95. The Kier molecular flexibility index (Phi) is 3.89. The van der Waals surface area contributed by atoms with Crippen LogP contribution in [0.3, 0.4) is 0 Å². The highest BCUT2D eigenvalue weighted by Crippen LogP contribution is 2.48. The number of phenolic OH excluding ortho intramolecular Hbond substituents is 2. The molecule has 0 heterocycles. The molecule has 0 aliphatic heterocycles. The van der Waals surface area contributed by atoms with Crippen LogP contribution in [0.25, 0.3) is 0 Å². The van der Waals surface area contributed by atoms with Crippen LogP contribution in [-0.2, 0) is 0 Å². The van der Waals surface area contributed by atoms with Crippen molar-refractivity contribution in [2.75, 3.05) is 5.32 Å². The standard InChI is InChI=1S/C21H14ClNO4/c1-10-6-8-11(9-7-10)23-17-16(22)20(26)14-15(21(17)27)19(25)13-5-3-2-4-12(13)18(14)24/h2-9,23,26-27H,1H3. The predicted molar refractivity (Wildman–Crippen MR) is 103 cm³/mol. The van der Waals surface area contributed by atoms with Gasteiger partial charge in [0.05, 0.1) is 11.1 Å². The molecule has 5 nitrogen and oxygen atoms in total. The van der Waals surface area contributed by atoms with Crippen LogP contribution in [0.15, 0.2) is 48.5 Å². The van der Waals surface area contributed by atoms with E-state index in [1.54, 1.807) is 24.3 Å². The minimum Gasteiger partial charge on any atom is -0.505 e. The van der Waals surface area contributed by atoms with Crippen LogP contribution in [0.1, 0.15) is 37.4 Å². The Hall–Kier alpha value is -3.31. The molecule has 0 spiro atoms. The number of nitrogens with one attached hydrogen (secondary N) is 1. The molecule has 0 bridgehead atoms. The van der Waals surface area contributed by atoms with E-state index < -0.39 is 23.1 Å². The number of carbonyl (C=O) groups excluding carboxylic acids is 2. The summed E-state index contributed by atoms with van der Waals surface area (Å²) >= 11 is 6.22. The third-order valence-electron chi connectivity index (χ3n) is 4.58. The van der Waals surface area contributed by atoms with Gasteiger partial charge in [-0.1, -0.05) is 53.6 Å². The number of rotatable bonds is 2. The summed E-state index contributed by atoms with van der Waals surface area (Å²) < 4.78 is 0. The van der Waals surface area contributed by atoms with Crippen LogP contribution in [0.2, 0.25) is 5.02 Å². The first-order valence-electron chi connectivity index (χ1n) is 8.19. The fraction of sp³-hybridized carbons (Fsp3) is 0.0476. The molecule has 0 aromatic heterocycles. The van der Waals surface area contributed by atoms with Crippen molar-refractivity contribution in [3.05, 3.63) is 81.4 Å². The quantitative estimate of drug-likeness (QED) is 0.350. The summed E-state index contributed by atoms with van der Waals surface area (Å²) in [5.41, 5.74) is 1.42. The number of halogens is 1. The average molecular weight is 380 g/mol.